The second-order valence-corrected chi connectivity index (χ2v) is 5.49. The van der Waals surface area contributed by atoms with Crippen molar-refractivity contribution < 1.29 is 18.3 Å². The van der Waals surface area contributed by atoms with Crippen LogP contribution in [0.3, 0.4) is 0 Å². The van der Waals surface area contributed by atoms with Crippen molar-refractivity contribution in [3.63, 3.8) is 0 Å². The maximum absolute atomic E-state index is 13.6. The fourth-order valence-corrected chi connectivity index (χ4v) is 2.19. The zero-order valence-electron chi connectivity index (χ0n) is 14.2. The number of amides is 1. The third-order valence-corrected chi connectivity index (χ3v) is 3.49. The molecule has 3 rings (SSSR count). The lowest BCUT2D eigenvalue weighted by molar-refractivity contribution is -0.116. The summed E-state index contributed by atoms with van der Waals surface area (Å²) in [5, 5.41) is 12.7. The monoisotopic (exact) mass is 370 g/mol. The van der Waals surface area contributed by atoms with E-state index in [1.165, 1.54) is 18.2 Å². The molecule has 0 bridgehead atoms. The highest BCUT2D eigenvalue weighted by atomic mass is 19.1. The van der Waals surface area contributed by atoms with Crippen molar-refractivity contribution >= 4 is 23.2 Å². The number of carbonyl (C=O) groups is 1. The number of rotatable bonds is 7. The average molecular weight is 370 g/mol. The first kappa shape index (κ1) is 18.2. The molecule has 0 saturated heterocycles. The van der Waals surface area contributed by atoms with E-state index in [2.05, 4.69) is 20.8 Å². The Hall–Kier alpha value is -3.55. The molecule has 6 nitrogen and oxygen atoms in total. The van der Waals surface area contributed by atoms with Gasteiger partial charge in [0.2, 0.25) is 5.91 Å². The second kappa shape index (κ2) is 8.70. The van der Waals surface area contributed by atoms with Crippen LogP contribution in [-0.4, -0.2) is 22.7 Å². The van der Waals surface area contributed by atoms with E-state index in [4.69, 9.17) is 4.74 Å². The summed E-state index contributed by atoms with van der Waals surface area (Å²) in [5.41, 5.74) is -0.318. The van der Waals surface area contributed by atoms with Crippen LogP contribution in [0, 0.1) is 11.6 Å². The Morgan fingerprint density at radius 3 is 2.22 bits per heavy atom. The topological polar surface area (TPSA) is 76.1 Å². The van der Waals surface area contributed by atoms with Crippen LogP contribution < -0.4 is 15.4 Å². The van der Waals surface area contributed by atoms with Gasteiger partial charge in [-0.25, -0.2) is 8.78 Å². The largest absolute Gasteiger partial charge is 0.493 e. The van der Waals surface area contributed by atoms with Crippen molar-refractivity contribution in [3.05, 3.63) is 72.3 Å². The number of ether oxygens (including phenoxy) is 1. The van der Waals surface area contributed by atoms with Crippen molar-refractivity contribution in [2.45, 2.75) is 6.42 Å². The number of aromatic nitrogens is 2. The normalized spacial score (nSPS) is 10.3. The summed E-state index contributed by atoms with van der Waals surface area (Å²) in [6.07, 6.45) is 0.136. The molecule has 138 valence electrons. The van der Waals surface area contributed by atoms with Crippen LogP contribution in [-0.2, 0) is 4.79 Å². The van der Waals surface area contributed by atoms with Gasteiger partial charge in [-0.2, -0.15) is 0 Å². The minimum absolute atomic E-state index is 0.136. The van der Waals surface area contributed by atoms with Gasteiger partial charge in [-0.1, -0.05) is 24.3 Å². The summed E-state index contributed by atoms with van der Waals surface area (Å²) < 4.78 is 32.7. The van der Waals surface area contributed by atoms with Crippen molar-refractivity contribution in [2.75, 3.05) is 17.2 Å². The Kier molecular flexibility index (Phi) is 5.88. The molecule has 0 spiro atoms. The lowest BCUT2D eigenvalue weighted by Gasteiger charge is -2.09. The molecule has 1 heterocycles. The molecular weight excluding hydrogens is 354 g/mol. The molecule has 0 atom stereocenters. The Bertz CT molecular complexity index is 885. The average Bonchev–Trinajstić information content (AvgIpc) is 2.67. The molecule has 8 heteroatoms. The van der Waals surface area contributed by atoms with Crippen LogP contribution in [0.2, 0.25) is 0 Å². The quantitative estimate of drug-likeness (QED) is 0.660. The Morgan fingerprint density at radius 1 is 0.889 bits per heavy atom. The zero-order chi connectivity index (χ0) is 19.1. The molecule has 1 amide bonds. The highest BCUT2D eigenvalue weighted by molar-refractivity contribution is 5.89. The van der Waals surface area contributed by atoms with E-state index in [0.717, 1.165) is 12.1 Å². The number of halogens is 2. The number of nitrogens with one attached hydrogen (secondary N) is 2. The first-order chi connectivity index (χ1) is 13.1. The Balaban J connectivity index is 1.50. The Morgan fingerprint density at radius 2 is 1.56 bits per heavy atom. The molecule has 3 aromatic rings. The number of para-hydroxylation sites is 2. The van der Waals surface area contributed by atoms with Gasteiger partial charge in [-0.15, -0.1) is 10.2 Å². The van der Waals surface area contributed by atoms with Crippen LogP contribution in [0.25, 0.3) is 0 Å². The van der Waals surface area contributed by atoms with Gasteiger partial charge in [-0.3, -0.25) is 4.79 Å². The molecule has 2 N–H and O–H groups in total. The predicted molar refractivity (Wildman–Crippen MR) is 96.9 cm³/mol. The van der Waals surface area contributed by atoms with Gasteiger partial charge in [0.05, 0.1) is 13.0 Å². The lowest BCUT2D eigenvalue weighted by Crippen LogP contribution is -2.16. The maximum atomic E-state index is 13.6. The van der Waals surface area contributed by atoms with Gasteiger partial charge < -0.3 is 15.4 Å². The third-order valence-electron chi connectivity index (χ3n) is 3.49. The van der Waals surface area contributed by atoms with Crippen LogP contribution in [0.5, 0.6) is 5.75 Å². The first-order valence-corrected chi connectivity index (χ1v) is 8.14. The number of hydrogen-bond acceptors (Lipinski definition) is 5. The van der Waals surface area contributed by atoms with Crippen molar-refractivity contribution in [1.29, 1.82) is 0 Å². The molecule has 0 aliphatic heterocycles. The molecule has 0 aliphatic rings. The van der Waals surface area contributed by atoms with Crippen molar-refractivity contribution in [1.82, 2.24) is 10.2 Å². The van der Waals surface area contributed by atoms with Gasteiger partial charge in [0.1, 0.15) is 23.1 Å². The smallest absolute Gasteiger partial charge is 0.229 e. The highest BCUT2D eigenvalue weighted by Crippen LogP contribution is 2.22. The summed E-state index contributed by atoms with van der Waals surface area (Å²) in [4.78, 5) is 11.9. The Labute approximate surface area is 154 Å². The van der Waals surface area contributed by atoms with E-state index in [9.17, 15) is 13.6 Å². The number of nitrogens with zero attached hydrogens (tertiary/aromatic N) is 2. The van der Waals surface area contributed by atoms with Gasteiger partial charge in [0, 0.05) is 0 Å². The summed E-state index contributed by atoms with van der Waals surface area (Å²) in [7, 11) is 0. The summed E-state index contributed by atoms with van der Waals surface area (Å²) >= 11 is 0. The molecule has 0 radical (unpaired) electrons. The van der Waals surface area contributed by atoms with Gasteiger partial charge in [0.25, 0.3) is 0 Å². The number of hydrogen-bond donors (Lipinski definition) is 2. The summed E-state index contributed by atoms with van der Waals surface area (Å²) in [6, 6.07) is 15.6. The molecule has 0 unspecified atom stereocenters. The van der Waals surface area contributed by atoms with Crippen molar-refractivity contribution in [2.24, 2.45) is 0 Å². The van der Waals surface area contributed by atoms with E-state index in [1.807, 2.05) is 18.2 Å². The van der Waals surface area contributed by atoms with Crippen LogP contribution in [0.4, 0.5) is 26.1 Å². The lowest BCUT2D eigenvalue weighted by atomic mass is 10.3. The molecular formula is C19H16F2N4O2. The fourth-order valence-electron chi connectivity index (χ4n) is 2.19. The van der Waals surface area contributed by atoms with E-state index in [-0.39, 0.29) is 36.3 Å². The standard InChI is InChI=1S/C19H16F2N4O2/c20-14-7-4-8-15(21)19(14)23-17-10-9-16(24-25-17)22-18(26)11-12-27-13-5-2-1-3-6-13/h1-10H,11-12H2,(H,23,25)(H,22,24,26). The van der Waals surface area contributed by atoms with E-state index in [1.54, 1.807) is 12.1 Å². The van der Waals surface area contributed by atoms with E-state index in [0.29, 0.717) is 5.75 Å². The summed E-state index contributed by atoms with van der Waals surface area (Å²) in [5.74, 6) is -0.731. The molecule has 0 aliphatic carbocycles. The number of benzene rings is 2. The molecule has 27 heavy (non-hydrogen) atoms. The van der Waals surface area contributed by atoms with Crippen molar-refractivity contribution in [3.8, 4) is 5.75 Å². The highest BCUT2D eigenvalue weighted by Gasteiger charge is 2.10. The molecule has 2 aromatic carbocycles. The molecule has 0 saturated carbocycles. The molecule has 1 aromatic heterocycles. The first-order valence-electron chi connectivity index (χ1n) is 8.14. The fraction of sp³-hybridized carbons (Fsp3) is 0.105. The molecule has 0 fully saturated rings. The zero-order valence-corrected chi connectivity index (χ0v) is 14.2. The van der Waals surface area contributed by atoms with Crippen LogP contribution in [0.15, 0.2) is 60.7 Å². The summed E-state index contributed by atoms with van der Waals surface area (Å²) in [6.45, 7) is 0.218. The van der Waals surface area contributed by atoms with E-state index >= 15 is 0 Å². The number of anilines is 3. The van der Waals surface area contributed by atoms with Gasteiger partial charge in [0.15, 0.2) is 11.6 Å². The van der Waals surface area contributed by atoms with Crippen LogP contribution >= 0.6 is 0 Å². The maximum Gasteiger partial charge on any atom is 0.229 e. The SMILES string of the molecule is O=C(CCOc1ccccc1)Nc1ccc(Nc2c(F)cccc2F)nn1. The second-order valence-electron chi connectivity index (χ2n) is 5.49. The number of carbonyl (C=O) groups excluding carboxylic acids is 1. The minimum Gasteiger partial charge on any atom is -0.493 e. The third kappa shape index (κ3) is 5.21. The minimum atomic E-state index is -0.743. The van der Waals surface area contributed by atoms with Gasteiger partial charge >= 0.3 is 0 Å². The van der Waals surface area contributed by atoms with Gasteiger partial charge in [-0.05, 0) is 36.4 Å². The van der Waals surface area contributed by atoms with E-state index < -0.39 is 11.6 Å². The van der Waals surface area contributed by atoms with Crippen LogP contribution in [0.1, 0.15) is 6.42 Å². The predicted octanol–water partition coefficient (Wildman–Crippen LogP) is 3.91.